The van der Waals surface area contributed by atoms with Gasteiger partial charge in [0.15, 0.2) is 5.65 Å². The summed E-state index contributed by atoms with van der Waals surface area (Å²) in [6, 6.07) is 11.7. The molecule has 0 aliphatic rings. The Morgan fingerprint density at radius 1 is 1.00 bits per heavy atom. The molecule has 146 valence electrons. The number of nitrogens with one attached hydrogen (secondary N) is 2. The third-order valence-electron chi connectivity index (χ3n) is 4.22. The van der Waals surface area contributed by atoms with Crippen LogP contribution in [0.15, 0.2) is 65.6 Å². The Kier molecular flexibility index (Phi) is 4.50. The maximum absolute atomic E-state index is 13.2. The molecule has 0 amide bonds. The van der Waals surface area contributed by atoms with Gasteiger partial charge in [0, 0.05) is 11.9 Å². The summed E-state index contributed by atoms with van der Waals surface area (Å²) in [5.74, 6) is -0.461. The fourth-order valence-corrected chi connectivity index (χ4v) is 2.90. The lowest BCUT2D eigenvalue weighted by molar-refractivity contribution is -0.137. The zero-order valence-electron chi connectivity index (χ0n) is 14.6. The van der Waals surface area contributed by atoms with Crippen LogP contribution < -0.4 is 10.9 Å². The lowest BCUT2D eigenvalue weighted by Gasteiger charge is -2.11. The van der Waals surface area contributed by atoms with Gasteiger partial charge in [-0.2, -0.15) is 18.2 Å². The number of fused-ring (bicyclic) bond motifs is 1. The molecule has 9 heteroatoms. The molecule has 0 unspecified atom stereocenters. The van der Waals surface area contributed by atoms with Gasteiger partial charge in [-0.3, -0.25) is 9.78 Å². The minimum absolute atomic E-state index is 0.0504. The Morgan fingerprint density at radius 2 is 1.76 bits per heavy atom. The number of H-pyrrole nitrogens is 1. The Morgan fingerprint density at radius 3 is 2.48 bits per heavy atom. The summed E-state index contributed by atoms with van der Waals surface area (Å²) in [4.78, 5) is 23.4. The summed E-state index contributed by atoms with van der Waals surface area (Å²) in [6.45, 7) is 0. The van der Waals surface area contributed by atoms with Crippen molar-refractivity contribution in [2.75, 3.05) is 5.32 Å². The van der Waals surface area contributed by atoms with E-state index in [4.69, 9.17) is 0 Å². The van der Waals surface area contributed by atoms with Crippen molar-refractivity contribution in [1.29, 1.82) is 0 Å². The first-order valence-electron chi connectivity index (χ1n) is 8.40. The van der Waals surface area contributed by atoms with Crippen molar-refractivity contribution in [3.8, 4) is 11.1 Å². The van der Waals surface area contributed by atoms with Crippen molar-refractivity contribution in [2.45, 2.75) is 6.18 Å². The zero-order chi connectivity index (χ0) is 20.6. The largest absolute Gasteiger partial charge is 0.416 e. The van der Waals surface area contributed by atoms with Crippen LogP contribution in [-0.4, -0.2) is 15.0 Å². The zero-order valence-corrected chi connectivity index (χ0v) is 14.6. The molecule has 4 aromatic rings. The molecule has 0 radical (unpaired) electrons. The lowest BCUT2D eigenvalue weighted by atomic mass is 10.0. The van der Waals surface area contributed by atoms with Crippen LogP contribution in [0.3, 0.4) is 0 Å². The van der Waals surface area contributed by atoms with Crippen molar-refractivity contribution < 1.29 is 17.6 Å². The molecule has 5 nitrogen and oxygen atoms in total. The van der Waals surface area contributed by atoms with Gasteiger partial charge in [0.2, 0.25) is 5.95 Å². The van der Waals surface area contributed by atoms with Gasteiger partial charge in [0.05, 0.1) is 10.9 Å². The summed E-state index contributed by atoms with van der Waals surface area (Å²) in [5, 5.41) is 2.85. The molecule has 2 aromatic carbocycles. The van der Waals surface area contributed by atoms with E-state index in [-0.39, 0.29) is 22.7 Å². The molecule has 0 saturated carbocycles. The normalized spacial score (nSPS) is 11.6. The van der Waals surface area contributed by atoms with Crippen LogP contribution in [0.2, 0.25) is 0 Å². The van der Waals surface area contributed by atoms with Gasteiger partial charge in [-0.15, -0.1) is 0 Å². The number of aromatic nitrogens is 3. The first-order valence-corrected chi connectivity index (χ1v) is 8.40. The van der Waals surface area contributed by atoms with E-state index in [1.807, 2.05) is 0 Å². The van der Waals surface area contributed by atoms with Crippen molar-refractivity contribution in [3.05, 3.63) is 82.5 Å². The summed E-state index contributed by atoms with van der Waals surface area (Å²) >= 11 is 0. The van der Waals surface area contributed by atoms with Crippen LogP contribution in [0.5, 0.6) is 0 Å². The number of rotatable bonds is 3. The van der Waals surface area contributed by atoms with Crippen LogP contribution in [0, 0.1) is 5.82 Å². The van der Waals surface area contributed by atoms with E-state index in [2.05, 4.69) is 20.3 Å². The van der Waals surface area contributed by atoms with Crippen LogP contribution >= 0.6 is 0 Å². The molecule has 2 aromatic heterocycles. The average molecular weight is 400 g/mol. The Labute approximate surface area is 161 Å². The van der Waals surface area contributed by atoms with E-state index >= 15 is 0 Å². The van der Waals surface area contributed by atoms with E-state index in [1.165, 1.54) is 42.6 Å². The number of benzene rings is 2. The van der Waals surface area contributed by atoms with Gasteiger partial charge in [0.25, 0.3) is 5.56 Å². The number of aromatic amines is 1. The second-order valence-electron chi connectivity index (χ2n) is 6.18. The molecule has 0 fully saturated rings. The van der Waals surface area contributed by atoms with Crippen LogP contribution in [-0.2, 0) is 6.18 Å². The van der Waals surface area contributed by atoms with Crippen LogP contribution in [0.1, 0.15) is 5.56 Å². The second kappa shape index (κ2) is 7.01. The summed E-state index contributed by atoms with van der Waals surface area (Å²) < 4.78 is 51.8. The third-order valence-corrected chi connectivity index (χ3v) is 4.22. The van der Waals surface area contributed by atoms with Crippen molar-refractivity contribution in [2.24, 2.45) is 0 Å². The fraction of sp³-hybridized carbons (Fsp3) is 0.0500. The molecule has 0 bridgehead atoms. The molecule has 2 heterocycles. The Bertz CT molecular complexity index is 1250. The van der Waals surface area contributed by atoms with Crippen LogP contribution in [0.25, 0.3) is 22.2 Å². The Balaban J connectivity index is 1.76. The number of hydrogen-bond donors (Lipinski definition) is 2. The minimum Gasteiger partial charge on any atom is -0.326 e. The maximum atomic E-state index is 13.2. The summed E-state index contributed by atoms with van der Waals surface area (Å²) in [5.41, 5.74) is -0.0413. The molecule has 0 aliphatic carbocycles. The number of halogens is 4. The molecular weight excluding hydrogens is 388 g/mol. The van der Waals surface area contributed by atoms with Gasteiger partial charge in [-0.05, 0) is 47.5 Å². The van der Waals surface area contributed by atoms with Gasteiger partial charge in [-0.1, -0.05) is 18.2 Å². The van der Waals surface area contributed by atoms with E-state index in [0.717, 1.165) is 12.1 Å². The predicted molar refractivity (Wildman–Crippen MR) is 100 cm³/mol. The predicted octanol–water partition coefficient (Wildman–Crippen LogP) is 4.89. The highest BCUT2D eigenvalue weighted by Gasteiger charge is 2.30. The molecule has 0 aliphatic heterocycles. The van der Waals surface area contributed by atoms with Gasteiger partial charge in [-0.25, -0.2) is 9.37 Å². The number of nitrogens with zero attached hydrogens (tertiary/aromatic N) is 2. The number of hydrogen-bond acceptors (Lipinski definition) is 4. The molecular formula is C20H12F4N4O. The first-order chi connectivity index (χ1) is 13.8. The molecule has 2 N–H and O–H groups in total. The van der Waals surface area contributed by atoms with Crippen molar-refractivity contribution >= 4 is 22.7 Å². The standard InChI is InChI=1S/C20H12F4N4O/c21-13-6-4-11(5-7-13)15-8-9-25-17-16(15)18(29)28-19(27-17)26-14-3-1-2-12(10-14)20(22,23)24/h1-10H,(H2,25,26,27,28,29). The molecule has 0 spiro atoms. The fourth-order valence-electron chi connectivity index (χ4n) is 2.90. The summed E-state index contributed by atoms with van der Waals surface area (Å²) in [7, 11) is 0. The third kappa shape index (κ3) is 3.79. The van der Waals surface area contributed by atoms with Gasteiger partial charge in [0.1, 0.15) is 5.82 Å². The van der Waals surface area contributed by atoms with E-state index in [1.54, 1.807) is 6.07 Å². The van der Waals surface area contributed by atoms with E-state index < -0.39 is 23.1 Å². The molecule has 4 rings (SSSR count). The van der Waals surface area contributed by atoms with E-state index in [0.29, 0.717) is 11.1 Å². The summed E-state index contributed by atoms with van der Waals surface area (Å²) in [6.07, 6.45) is -3.05. The highest BCUT2D eigenvalue weighted by molar-refractivity contribution is 5.92. The average Bonchev–Trinajstić information content (AvgIpc) is 2.68. The van der Waals surface area contributed by atoms with E-state index in [9.17, 15) is 22.4 Å². The van der Waals surface area contributed by atoms with Gasteiger partial charge >= 0.3 is 6.18 Å². The molecule has 0 saturated heterocycles. The monoisotopic (exact) mass is 400 g/mol. The number of anilines is 2. The Hall–Kier alpha value is -3.75. The van der Waals surface area contributed by atoms with Gasteiger partial charge < -0.3 is 5.32 Å². The number of pyridine rings is 1. The van der Waals surface area contributed by atoms with Crippen LogP contribution in [0.4, 0.5) is 29.2 Å². The smallest absolute Gasteiger partial charge is 0.326 e. The molecule has 0 atom stereocenters. The second-order valence-corrected chi connectivity index (χ2v) is 6.18. The maximum Gasteiger partial charge on any atom is 0.416 e. The lowest BCUT2D eigenvalue weighted by Crippen LogP contribution is -2.13. The molecule has 29 heavy (non-hydrogen) atoms. The highest BCUT2D eigenvalue weighted by Crippen LogP contribution is 2.31. The topological polar surface area (TPSA) is 70.7 Å². The van der Waals surface area contributed by atoms with Crippen molar-refractivity contribution in [3.63, 3.8) is 0 Å². The minimum atomic E-state index is -4.49. The highest BCUT2D eigenvalue weighted by atomic mass is 19.4. The van der Waals surface area contributed by atoms with Crippen molar-refractivity contribution in [1.82, 2.24) is 15.0 Å². The number of alkyl halides is 3. The SMILES string of the molecule is O=c1[nH]c(Nc2cccc(C(F)(F)F)c2)nc2nccc(-c3ccc(F)cc3)c12. The quantitative estimate of drug-likeness (QED) is 0.481. The first kappa shape index (κ1) is 18.6.